The maximum Gasteiger partial charge on any atom is 0.191 e. The fourth-order valence-corrected chi connectivity index (χ4v) is 2.33. The molecule has 1 aromatic heterocycles. The summed E-state index contributed by atoms with van der Waals surface area (Å²) in [6.45, 7) is 6.01. The standard InChI is InChI=1S/C18H27N5O2/c1-5-19-18(21-14(2)13-24-3)20-12-15-10-11-23(22-15)16-6-8-17(25-4)9-7-16/h6-11,14H,5,12-13H2,1-4H3,(H2,19,20,21). The summed E-state index contributed by atoms with van der Waals surface area (Å²) < 4.78 is 12.2. The Morgan fingerprint density at radius 3 is 2.64 bits per heavy atom. The first-order valence-corrected chi connectivity index (χ1v) is 8.39. The van der Waals surface area contributed by atoms with Crippen LogP contribution in [0.1, 0.15) is 19.5 Å². The minimum atomic E-state index is 0.180. The van der Waals surface area contributed by atoms with Crippen LogP contribution in [-0.4, -0.2) is 49.2 Å². The summed E-state index contributed by atoms with van der Waals surface area (Å²) in [5.41, 5.74) is 1.88. The number of ether oxygens (including phenoxy) is 2. The highest BCUT2D eigenvalue weighted by atomic mass is 16.5. The van der Waals surface area contributed by atoms with Crippen LogP contribution in [0.25, 0.3) is 5.69 Å². The van der Waals surface area contributed by atoms with Crippen molar-refractivity contribution in [1.82, 2.24) is 20.4 Å². The second kappa shape index (κ2) is 9.68. The second-order valence-electron chi connectivity index (χ2n) is 5.65. The lowest BCUT2D eigenvalue weighted by molar-refractivity contribution is 0.179. The number of hydrogen-bond acceptors (Lipinski definition) is 4. The molecule has 0 radical (unpaired) electrons. The SMILES string of the molecule is CCNC(=NCc1ccn(-c2ccc(OC)cc2)n1)NC(C)COC. The molecular weight excluding hydrogens is 318 g/mol. The number of guanidine groups is 1. The van der Waals surface area contributed by atoms with Gasteiger partial charge in [0.25, 0.3) is 0 Å². The van der Waals surface area contributed by atoms with E-state index in [-0.39, 0.29) is 6.04 Å². The first kappa shape index (κ1) is 18.8. The van der Waals surface area contributed by atoms with E-state index in [0.717, 1.165) is 29.6 Å². The van der Waals surface area contributed by atoms with Gasteiger partial charge in [0.2, 0.25) is 0 Å². The van der Waals surface area contributed by atoms with E-state index in [4.69, 9.17) is 9.47 Å². The molecule has 2 rings (SSSR count). The van der Waals surface area contributed by atoms with Gasteiger partial charge in [-0.1, -0.05) is 0 Å². The molecule has 1 aromatic carbocycles. The minimum absolute atomic E-state index is 0.180. The Labute approximate surface area is 149 Å². The lowest BCUT2D eigenvalue weighted by atomic mass is 10.3. The summed E-state index contributed by atoms with van der Waals surface area (Å²) in [4.78, 5) is 4.58. The highest BCUT2D eigenvalue weighted by Gasteiger charge is 2.06. The Hall–Kier alpha value is -2.54. The van der Waals surface area contributed by atoms with Gasteiger partial charge < -0.3 is 20.1 Å². The van der Waals surface area contributed by atoms with E-state index in [0.29, 0.717) is 13.2 Å². The van der Waals surface area contributed by atoms with Crippen LogP contribution in [0, 0.1) is 0 Å². The molecule has 2 N–H and O–H groups in total. The minimum Gasteiger partial charge on any atom is -0.497 e. The Morgan fingerprint density at radius 1 is 1.24 bits per heavy atom. The number of benzene rings is 1. The van der Waals surface area contributed by atoms with Crippen molar-refractivity contribution in [2.24, 2.45) is 4.99 Å². The molecule has 136 valence electrons. The molecule has 0 bridgehead atoms. The number of rotatable bonds is 8. The van der Waals surface area contributed by atoms with Crippen molar-refractivity contribution in [3.05, 3.63) is 42.2 Å². The van der Waals surface area contributed by atoms with E-state index in [1.807, 2.05) is 48.1 Å². The van der Waals surface area contributed by atoms with Gasteiger partial charge in [-0.05, 0) is 44.2 Å². The van der Waals surface area contributed by atoms with Crippen LogP contribution in [0.2, 0.25) is 0 Å². The summed E-state index contributed by atoms with van der Waals surface area (Å²) >= 11 is 0. The maximum absolute atomic E-state index is 5.18. The van der Waals surface area contributed by atoms with Gasteiger partial charge in [-0.2, -0.15) is 5.10 Å². The average molecular weight is 345 g/mol. The molecule has 0 aliphatic carbocycles. The highest BCUT2D eigenvalue weighted by Crippen LogP contribution is 2.14. The third-order valence-electron chi connectivity index (χ3n) is 3.52. The quantitative estimate of drug-likeness (QED) is 0.565. The van der Waals surface area contributed by atoms with Gasteiger partial charge in [0, 0.05) is 25.9 Å². The van der Waals surface area contributed by atoms with Gasteiger partial charge in [0.05, 0.1) is 31.6 Å². The Bertz CT molecular complexity index is 666. The summed E-state index contributed by atoms with van der Waals surface area (Å²) in [6.07, 6.45) is 1.93. The van der Waals surface area contributed by atoms with E-state index in [1.54, 1.807) is 14.2 Å². The predicted molar refractivity (Wildman–Crippen MR) is 99.4 cm³/mol. The maximum atomic E-state index is 5.18. The summed E-state index contributed by atoms with van der Waals surface area (Å²) in [7, 11) is 3.34. The molecule has 7 heteroatoms. The summed E-state index contributed by atoms with van der Waals surface area (Å²) in [5.74, 6) is 1.58. The molecule has 7 nitrogen and oxygen atoms in total. The van der Waals surface area contributed by atoms with Gasteiger partial charge >= 0.3 is 0 Å². The number of aliphatic imine (C=N–C) groups is 1. The van der Waals surface area contributed by atoms with Crippen LogP contribution >= 0.6 is 0 Å². The zero-order valence-electron chi connectivity index (χ0n) is 15.3. The fraction of sp³-hybridized carbons (Fsp3) is 0.444. The first-order chi connectivity index (χ1) is 12.2. The van der Waals surface area contributed by atoms with Gasteiger partial charge in [0.15, 0.2) is 5.96 Å². The summed E-state index contributed by atoms with van der Waals surface area (Å²) in [6, 6.07) is 9.92. The van der Waals surface area contributed by atoms with E-state index in [2.05, 4.69) is 27.6 Å². The molecule has 0 aliphatic heterocycles. The van der Waals surface area contributed by atoms with Crippen LogP contribution in [-0.2, 0) is 11.3 Å². The molecule has 2 aromatic rings. The third-order valence-corrected chi connectivity index (χ3v) is 3.52. The van der Waals surface area contributed by atoms with Crippen molar-refractivity contribution in [3.63, 3.8) is 0 Å². The van der Waals surface area contributed by atoms with Gasteiger partial charge in [-0.25, -0.2) is 9.67 Å². The van der Waals surface area contributed by atoms with Crippen LogP contribution < -0.4 is 15.4 Å². The topological polar surface area (TPSA) is 72.7 Å². The van der Waals surface area contributed by atoms with Crippen molar-refractivity contribution in [2.45, 2.75) is 26.4 Å². The largest absolute Gasteiger partial charge is 0.497 e. The van der Waals surface area contributed by atoms with Crippen LogP contribution in [0.3, 0.4) is 0 Å². The van der Waals surface area contributed by atoms with Crippen LogP contribution in [0.4, 0.5) is 0 Å². The molecule has 0 spiro atoms. The zero-order chi connectivity index (χ0) is 18.1. The number of methoxy groups -OCH3 is 2. The Morgan fingerprint density at radius 2 is 2.00 bits per heavy atom. The molecule has 1 unspecified atom stereocenters. The normalized spacial score (nSPS) is 12.7. The molecule has 0 amide bonds. The fourth-order valence-electron chi connectivity index (χ4n) is 2.33. The summed E-state index contributed by atoms with van der Waals surface area (Å²) in [5, 5.41) is 11.1. The first-order valence-electron chi connectivity index (χ1n) is 8.39. The average Bonchev–Trinajstić information content (AvgIpc) is 3.09. The number of nitrogens with zero attached hydrogens (tertiary/aromatic N) is 3. The van der Waals surface area contributed by atoms with Crippen LogP contribution in [0.15, 0.2) is 41.5 Å². The second-order valence-corrected chi connectivity index (χ2v) is 5.65. The van der Waals surface area contributed by atoms with Crippen molar-refractivity contribution in [1.29, 1.82) is 0 Å². The molecule has 0 fully saturated rings. The molecule has 0 saturated carbocycles. The van der Waals surface area contributed by atoms with Crippen molar-refractivity contribution < 1.29 is 9.47 Å². The van der Waals surface area contributed by atoms with Crippen molar-refractivity contribution in [3.8, 4) is 11.4 Å². The molecule has 0 saturated heterocycles. The monoisotopic (exact) mass is 345 g/mol. The molecule has 1 heterocycles. The molecular formula is C18H27N5O2. The van der Waals surface area contributed by atoms with E-state index < -0.39 is 0 Å². The smallest absolute Gasteiger partial charge is 0.191 e. The van der Waals surface area contributed by atoms with Crippen LogP contribution in [0.5, 0.6) is 5.75 Å². The molecule has 1 atom stereocenters. The van der Waals surface area contributed by atoms with Crippen molar-refractivity contribution >= 4 is 5.96 Å². The van der Waals surface area contributed by atoms with Gasteiger partial charge in [-0.15, -0.1) is 0 Å². The highest BCUT2D eigenvalue weighted by molar-refractivity contribution is 5.80. The molecule has 0 aliphatic rings. The van der Waals surface area contributed by atoms with Crippen molar-refractivity contribution in [2.75, 3.05) is 27.4 Å². The number of aromatic nitrogens is 2. The Balaban J connectivity index is 2.02. The van der Waals surface area contributed by atoms with E-state index >= 15 is 0 Å². The lowest BCUT2D eigenvalue weighted by Gasteiger charge is -2.16. The number of nitrogens with one attached hydrogen (secondary N) is 2. The Kier molecular flexibility index (Phi) is 7.28. The lowest BCUT2D eigenvalue weighted by Crippen LogP contribution is -2.43. The van der Waals surface area contributed by atoms with Gasteiger partial charge in [-0.3, -0.25) is 0 Å². The van der Waals surface area contributed by atoms with Gasteiger partial charge in [0.1, 0.15) is 5.75 Å². The number of hydrogen-bond donors (Lipinski definition) is 2. The third kappa shape index (κ3) is 5.79. The predicted octanol–water partition coefficient (Wildman–Crippen LogP) is 1.97. The zero-order valence-corrected chi connectivity index (χ0v) is 15.3. The molecule has 25 heavy (non-hydrogen) atoms. The van der Waals surface area contributed by atoms with E-state index in [1.165, 1.54) is 0 Å². The van der Waals surface area contributed by atoms with E-state index in [9.17, 15) is 0 Å².